The number of likely N-dealkylation sites (N-methyl/N-ethyl adjacent to an activating group) is 1. The highest BCUT2D eigenvalue weighted by molar-refractivity contribution is 5.83. The molecule has 0 spiro atoms. The molecule has 1 aromatic heterocycles. The van der Waals surface area contributed by atoms with Crippen LogP contribution < -0.4 is 10.6 Å². The summed E-state index contributed by atoms with van der Waals surface area (Å²) in [6.07, 6.45) is 3.59. The average Bonchev–Trinajstić information content (AvgIpc) is 3.41. The number of benzene rings is 1. The number of amides is 2. The minimum absolute atomic E-state index is 0.0164. The van der Waals surface area contributed by atoms with Gasteiger partial charge in [-0.1, -0.05) is 12.1 Å². The van der Waals surface area contributed by atoms with Gasteiger partial charge in [0.15, 0.2) is 0 Å². The Labute approximate surface area is 182 Å². The van der Waals surface area contributed by atoms with E-state index in [-0.39, 0.29) is 35.7 Å². The maximum Gasteiger partial charge on any atom is 0.239 e. The van der Waals surface area contributed by atoms with E-state index in [1.54, 1.807) is 24.5 Å². The van der Waals surface area contributed by atoms with E-state index in [2.05, 4.69) is 27.5 Å². The molecule has 0 radical (unpaired) electrons. The van der Waals surface area contributed by atoms with Crippen molar-refractivity contribution in [2.45, 2.75) is 50.5 Å². The Bertz CT molecular complexity index is 883. The van der Waals surface area contributed by atoms with Crippen LogP contribution in [0.2, 0.25) is 0 Å². The standard InChI is InChI=1S/C23H30N4O4/c1-26-17(6-9-21(29)24-14-19-3-2-12-31-19)13-25-23(30)22-20(26)10-11-27(22)15-16-4-7-18(28)8-5-16/h2-5,7-8,12,17,20,22,28H,6,9-11,13-15H2,1H3,(H,24,29)(H,25,30)/t17-,20-,22-/m0/s1. The fourth-order valence-electron chi connectivity index (χ4n) is 4.65. The number of likely N-dealkylation sites (tertiary alicyclic amines) is 1. The summed E-state index contributed by atoms with van der Waals surface area (Å²) in [4.78, 5) is 29.7. The molecule has 3 N–H and O–H groups in total. The van der Waals surface area contributed by atoms with Crippen LogP contribution in [0, 0.1) is 0 Å². The summed E-state index contributed by atoms with van der Waals surface area (Å²) in [6.45, 7) is 2.44. The predicted octanol–water partition coefficient (Wildman–Crippen LogP) is 1.45. The minimum Gasteiger partial charge on any atom is -0.508 e. The zero-order chi connectivity index (χ0) is 21.8. The third kappa shape index (κ3) is 5.08. The van der Waals surface area contributed by atoms with E-state index < -0.39 is 0 Å². The zero-order valence-corrected chi connectivity index (χ0v) is 17.8. The van der Waals surface area contributed by atoms with E-state index in [9.17, 15) is 14.7 Å². The number of nitrogens with zero attached hydrogens (tertiary/aromatic N) is 2. The van der Waals surface area contributed by atoms with Crippen molar-refractivity contribution in [2.24, 2.45) is 0 Å². The van der Waals surface area contributed by atoms with Gasteiger partial charge in [-0.15, -0.1) is 0 Å². The van der Waals surface area contributed by atoms with Crippen molar-refractivity contribution in [2.75, 3.05) is 20.1 Å². The summed E-state index contributed by atoms with van der Waals surface area (Å²) in [5.41, 5.74) is 1.07. The van der Waals surface area contributed by atoms with Crippen molar-refractivity contribution in [1.82, 2.24) is 20.4 Å². The zero-order valence-electron chi connectivity index (χ0n) is 17.8. The molecule has 0 saturated carbocycles. The molecule has 8 heteroatoms. The molecule has 0 aliphatic carbocycles. The number of hydrogen-bond acceptors (Lipinski definition) is 6. The van der Waals surface area contributed by atoms with Crippen LogP contribution in [0.15, 0.2) is 47.1 Å². The fourth-order valence-corrected chi connectivity index (χ4v) is 4.65. The summed E-state index contributed by atoms with van der Waals surface area (Å²) >= 11 is 0. The summed E-state index contributed by atoms with van der Waals surface area (Å²) < 4.78 is 5.24. The largest absolute Gasteiger partial charge is 0.508 e. The number of nitrogens with one attached hydrogen (secondary N) is 2. The molecule has 8 nitrogen and oxygen atoms in total. The minimum atomic E-state index is -0.211. The number of hydrogen-bond donors (Lipinski definition) is 3. The second-order valence-electron chi connectivity index (χ2n) is 8.40. The van der Waals surface area contributed by atoms with Crippen molar-refractivity contribution < 1.29 is 19.1 Å². The molecule has 2 aliphatic rings. The van der Waals surface area contributed by atoms with Gasteiger partial charge >= 0.3 is 0 Å². The molecular weight excluding hydrogens is 396 g/mol. The molecule has 0 bridgehead atoms. The molecule has 2 saturated heterocycles. The van der Waals surface area contributed by atoms with E-state index in [1.165, 1.54) is 0 Å². The molecule has 31 heavy (non-hydrogen) atoms. The number of aromatic hydroxyl groups is 1. The molecule has 2 aromatic rings. The van der Waals surface area contributed by atoms with Crippen LogP contribution in [-0.2, 0) is 22.7 Å². The third-order valence-corrected chi connectivity index (χ3v) is 6.42. The lowest BCUT2D eigenvalue weighted by Gasteiger charge is -2.33. The molecule has 0 unspecified atom stereocenters. The van der Waals surface area contributed by atoms with Gasteiger partial charge in [0, 0.05) is 38.1 Å². The topological polar surface area (TPSA) is 98.1 Å². The van der Waals surface area contributed by atoms with E-state index >= 15 is 0 Å². The number of rotatable bonds is 7. The third-order valence-electron chi connectivity index (χ3n) is 6.42. The first-order valence-corrected chi connectivity index (χ1v) is 10.8. The number of carbonyl (C=O) groups is 2. The highest BCUT2D eigenvalue weighted by Crippen LogP contribution is 2.28. The van der Waals surface area contributed by atoms with Gasteiger partial charge in [0.1, 0.15) is 17.6 Å². The van der Waals surface area contributed by atoms with Gasteiger partial charge < -0.3 is 20.2 Å². The number of phenolic OH excluding ortho intramolecular Hbond substituents is 1. The maximum absolute atomic E-state index is 12.9. The van der Waals surface area contributed by atoms with E-state index in [0.717, 1.165) is 24.3 Å². The summed E-state index contributed by atoms with van der Waals surface area (Å²) in [7, 11) is 2.06. The van der Waals surface area contributed by atoms with Gasteiger partial charge in [-0.3, -0.25) is 19.4 Å². The van der Waals surface area contributed by atoms with Gasteiger partial charge in [0.2, 0.25) is 11.8 Å². The molecule has 3 atom stereocenters. The van der Waals surface area contributed by atoms with Crippen LogP contribution in [-0.4, -0.2) is 65.0 Å². The van der Waals surface area contributed by atoms with Gasteiger partial charge in [-0.05, 0) is 49.7 Å². The highest BCUT2D eigenvalue weighted by atomic mass is 16.3. The molecule has 2 amide bonds. The number of phenols is 1. The molecule has 2 aliphatic heterocycles. The molecule has 4 rings (SSSR count). The van der Waals surface area contributed by atoms with Crippen molar-refractivity contribution >= 4 is 11.8 Å². The van der Waals surface area contributed by atoms with E-state index in [1.807, 2.05) is 18.2 Å². The maximum atomic E-state index is 12.9. The quantitative estimate of drug-likeness (QED) is 0.620. The van der Waals surface area contributed by atoms with Gasteiger partial charge in [-0.2, -0.15) is 0 Å². The Balaban J connectivity index is 1.33. The van der Waals surface area contributed by atoms with Crippen LogP contribution in [0.3, 0.4) is 0 Å². The van der Waals surface area contributed by atoms with Crippen molar-refractivity contribution in [3.05, 3.63) is 54.0 Å². The Hall–Kier alpha value is -2.84. The van der Waals surface area contributed by atoms with Crippen molar-refractivity contribution in [3.63, 3.8) is 0 Å². The monoisotopic (exact) mass is 426 g/mol. The van der Waals surface area contributed by atoms with Crippen LogP contribution in [0.25, 0.3) is 0 Å². The average molecular weight is 427 g/mol. The SMILES string of the molecule is CN1[C@@H](CCC(=O)NCc2ccco2)CNC(=O)[C@@H]2[C@@H]1CCN2Cc1ccc(O)cc1. The molecular formula is C23H30N4O4. The molecule has 166 valence electrons. The van der Waals surface area contributed by atoms with Crippen molar-refractivity contribution in [3.8, 4) is 5.75 Å². The summed E-state index contributed by atoms with van der Waals surface area (Å²) in [6, 6.07) is 10.8. The first-order valence-electron chi connectivity index (χ1n) is 10.8. The van der Waals surface area contributed by atoms with Crippen LogP contribution in [0.1, 0.15) is 30.6 Å². The number of fused-ring (bicyclic) bond motifs is 1. The molecule has 1 aromatic carbocycles. The molecule has 3 heterocycles. The van der Waals surface area contributed by atoms with Gasteiger partial charge in [0.25, 0.3) is 0 Å². The van der Waals surface area contributed by atoms with Gasteiger partial charge in [0.05, 0.1) is 12.8 Å². The predicted molar refractivity (Wildman–Crippen MR) is 115 cm³/mol. The fraction of sp³-hybridized carbons (Fsp3) is 0.478. The highest BCUT2D eigenvalue weighted by Gasteiger charge is 2.44. The molecule has 2 fully saturated rings. The Morgan fingerprint density at radius 2 is 2.10 bits per heavy atom. The first kappa shape index (κ1) is 21.4. The lowest BCUT2D eigenvalue weighted by Crippen LogP contribution is -2.49. The van der Waals surface area contributed by atoms with Crippen LogP contribution in [0.5, 0.6) is 5.75 Å². The Morgan fingerprint density at radius 3 is 2.84 bits per heavy atom. The van der Waals surface area contributed by atoms with Crippen molar-refractivity contribution in [1.29, 1.82) is 0 Å². The first-order chi connectivity index (χ1) is 15.0. The summed E-state index contributed by atoms with van der Waals surface area (Å²) in [5, 5.41) is 15.5. The normalized spacial score (nSPS) is 24.4. The Kier molecular flexibility index (Phi) is 6.58. The smallest absolute Gasteiger partial charge is 0.239 e. The van der Waals surface area contributed by atoms with Gasteiger partial charge in [-0.25, -0.2) is 0 Å². The van der Waals surface area contributed by atoms with E-state index in [0.29, 0.717) is 32.5 Å². The second kappa shape index (κ2) is 9.53. The number of furan rings is 1. The van der Waals surface area contributed by atoms with E-state index in [4.69, 9.17) is 4.42 Å². The lowest BCUT2D eigenvalue weighted by atomic mass is 10.0. The Morgan fingerprint density at radius 1 is 1.29 bits per heavy atom. The second-order valence-corrected chi connectivity index (χ2v) is 8.40. The van der Waals surface area contributed by atoms with Crippen LogP contribution >= 0.6 is 0 Å². The lowest BCUT2D eigenvalue weighted by molar-refractivity contribution is -0.126. The number of carbonyl (C=O) groups excluding carboxylic acids is 2. The summed E-state index contributed by atoms with van der Waals surface area (Å²) in [5.74, 6) is 1.01. The van der Waals surface area contributed by atoms with Crippen LogP contribution in [0.4, 0.5) is 0 Å².